The van der Waals surface area contributed by atoms with Gasteiger partial charge < -0.3 is 14.4 Å². The summed E-state index contributed by atoms with van der Waals surface area (Å²) < 4.78 is 11.8. The first-order valence-corrected chi connectivity index (χ1v) is 9.06. The normalized spacial score (nSPS) is 27.9. The first-order valence-electron chi connectivity index (χ1n) is 8.18. The van der Waals surface area contributed by atoms with Crippen LogP contribution in [-0.4, -0.2) is 67.8 Å². The molecule has 0 aliphatic carbocycles. The molecule has 2 atom stereocenters. The number of aryl methyl sites for hydroxylation is 1. The van der Waals surface area contributed by atoms with Crippen molar-refractivity contribution in [1.29, 1.82) is 0 Å². The van der Waals surface area contributed by atoms with Gasteiger partial charge >= 0.3 is 0 Å². The number of nitrogens with zero attached hydrogens (tertiary/aromatic N) is 2. The quantitative estimate of drug-likeness (QED) is 0.822. The van der Waals surface area contributed by atoms with Gasteiger partial charge in [0.25, 0.3) is 0 Å². The minimum absolute atomic E-state index is 0.00664. The van der Waals surface area contributed by atoms with Gasteiger partial charge in [-0.3, -0.25) is 9.69 Å². The van der Waals surface area contributed by atoms with E-state index in [9.17, 15) is 4.79 Å². The SMILES string of the molecule is Cc1ccsc1CN1CC[C@]2(C[C@@H](OCC(=O)N(C)C)CO2)C1. The number of hydrogen-bond acceptors (Lipinski definition) is 5. The first kappa shape index (κ1) is 16.9. The van der Waals surface area contributed by atoms with Crippen LogP contribution >= 0.6 is 11.3 Å². The molecule has 5 nitrogen and oxygen atoms in total. The molecule has 6 heteroatoms. The Morgan fingerprint density at radius 2 is 2.39 bits per heavy atom. The Morgan fingerprint density at radius 1 is 1.57 bits per heavy atom. The van der Waals surface area contributed by atoms with E-state index in [0.29, 0.717) is 6.61 Å². The van der Waals surface area contributed by atoms with Gasteiger partial charge in [0.2, 0.25) is 5.91 Å². The van der Waals surface area contributed by atoms with Gasteiger partial charge in [-0.2, -0.15) is 0 Å². The maximum Gasteiger partial charge on any atom is 0.248 e. The van der Waals surface area contributed by atoms with E-state index in [0.717, 1.165) is 32.5 Å². The fourth-order valence-corrected chi connectivity index (χ4v) is 4.29. The topological polar surface area (TPSA) is 42.0 Å². The number of amides is 1. The molecule has 0 bridgehead atoms. The summed E-state index contributed by atoms with van der Waals surface area (Å²) in [6, 6.07) is 2.18. The van der Waals surface area contributed by atoms with Crippen LogP contribution in [0.1, 0.15) is 23.3 Å². The molecule has 0 saturated carbocycles. The van der Waals surface area contributed by atoms with Crippen molar-refractivity contribution in [1.82, 2.24) is 9.80 Å². The van der Waals surface area contributed by atoms with Crippen molar-refractivity contribution in [3.05, 3.63) is 21.9 Å². The van der Waals surface area contributed by atoms with Crippen LogP contribution < -0.4 is 0 Å². The fraction of sp³-hybridized carbons (Fsp3) is 0.706. The Labute approximate surface area is 142 Å². The highest BCUT2D eigenvalue weighted by atomic mass is 32.1. The number of likely N-dealkylation sites (tertiary alicyclic amines) is 1. The van der Waals surface area contributed by atoms with E-state index >= 15 is 0 Å². The molecule has 2 saturated heterocycles. The number of thiophene rings is 1. The summed E-state index contributed by atoms with van der Waals surface area (Å²) >= 11 is 1.83. The second kappa shape index (κ2) is 6.89. The van der Waals surface area contributed by atoms with Crippen molar-refractivity contribution in [3.63, 3.8) is 0 Å². The lowest BCUT2D eigenvalue weighted by atomic mass is 9.98. The molecule has 0 radical (unpaired) electrons. The van der Waals surface area contributed by atoms with Crippen LogP contribution in [0.4, 0.5) is 0 Å². The van der Waals surface area contributed by atoms with Crippen molar-refractivity contribution >= 4 is 17.2 Å². The largest absolute Gasteiger partial charge is 0.371 e. The molecule has 0 N–H and O–H groups in total. The molecule has 2 aliphatic rings. The molecule has 3 heterocycles. The van der Waals surface area contributed by atoms with Crippen molar-refractivity contribution in [2.45, 2.75) is 38.0 Å². The third-order valence-corrected chi connectivity index (χ3v) is 5.85. The van der Waals surface area contributed by atoms with Crippen LogP contribution in [0.3, 0.4) is 0 Å². The minimum atomic E-state index is -0.0724. The molecular formula is C17H26N2O3S. The van der Waals surface area contributed by atoms with Gasteiger partial charge in [0, 0.05) is 45.0 Å². The molecule has 2 fully saturated rings. The van der Waals surface area contributed by atoms with Crippen LogP contribution in [0, 0.1) is 6.92 Å². The number of hydrogen-bond donors (Lipinski definition) is 0. The Morgan fingerprint density at radius 3 is 3.09 bits per heavy atom. The van der Waals surface area contributed by atoms with Crippen LogP contribution in [0.2, 0.25) is 0 Å². The maximum atomic E-state index is 11.6. The first-order chi connectivity index (χ1) is 11.0. The van der Waals surface area contributed by atoms with E-state index in [4.69, 9.17) is 9.47 Å². The van der Waals surface area contributed by atoms with Crippen molar-refractivity contribution in [2.24, 2.45) is 0 Å². The van der Waals surface area contributed by atoms with Crippen LogP contribution in [0.5, 0.6) is 0 Å². The molecule has 1 spiro atoms. The summed E-state index contributed by atoms with van der Waals surface area (Å²) in [4.78, 5) is 17.1. The minimum Gasteiger partial charge on any atom is -0.371 e. The Hall–Kier alpha value is -0.950. The molecule has 2 aliphatic heterocycles. The molecule has 1 amide bonds. The average Bonchev–Trinajstić information content (AvgIpc) is 3.21. The van der Waals surface area contributed by atoms with Crippen molar-refractivity contribution in [2.75, 3.05) is 40.4 Å². The van der Waals surface area contributed by atoms with Crippen LogP contribution in [-0.2, 0) is 20.8 Å². The summed E-state index contributed by atoms with van der Waals surface area (Å²) in [5.41, 5.74) is 1.31. The summed E-state index contributed by atoms with van der Waals surface area (Å²) in [5.74, 6) is 0.00664. The maximum absolute atomic E-state index is 11.6. The monoisotopic (exact) mass is 338 g/mol. The van der Waals surface area contributed by atoms with Gasteiger partial charge in [0.15, 0.2) is 0 Å². The highest BCUT2D eigenvalue weighted by Gasteiger charge is 2.46. The molecular weight excluding hydrogens is 312 g/mol. The van der Waals surface area contributed by atoms with Crippen LogP contribution in [0.15, 0.2) is 11.4 Å². The zero-order valence-electron chi connectivity index (χ0n) is 14.2. The average molecular weight is 338 g/mol. The third kappa shape index (κ3) is 3.94. The molecule has 0 aromatic carbocycles. The smallest absolute Gasteiger partial charge is 0.248 e. The van der Waals surface area contributed by atoms with Crippen molar-refractivity contribution in [3.8, 4) is 0 Å². The third-order valence-electron chi connectivity index (χ3n) is 4.85. The van der Waals surface area contributed by atoms with E-state index in [1.165, 1.54) is 10.4 Å². The van der Waals surface area contributed by atoms with E-state index in [2.05, 4.69) is 23.3 Å². The zero-order valence-corrected chi connectivity index (χ0v) is 15.0. The number of likely N-dealkylation sites (N-methyl/N-ethyl adjacent to an activating group) is 1. The molecule has 23 heavy (non-hydrogen) atoms. The summed E-state index contributed by atoms with van der Waals surface area (Å²) in [5, 5.41) is 2.16. The molecule has 0 unspecified atom stereocenters. The van der Waals surface area contributed by atoms with E-state index < -0.39 is 0 Å². The lowest BCUT2D eigenvalue weighted by molar-refractivity contribution is -0.135. The standard InChI is InChI=1S/C17H26N2O3S/c1-13-4-7-23-15(13)9-19-6-5-17(12-19)8-14(10-22-17)21-11-16(20)18(2)3/h4,7,14H,5-6,8-12H2,1-3H3/t14-,17+/m1/s1. The molecule has 1 aromatic heterocycles. The van der Waals surface area contributed by atoms with E-state index in [1.54, 1.807) is 19.0 Å². The second-order valence-electron chi connectivity index (χ2n) is 6.91. The summed E-state index contributed by atoms with van der Waals surface area (Å²) in [7, 11) is 3.50. The van der Waals surface area contributed by atoms with E-state index in [-0.39, 0.29) is 24.2 Å². The lowest BCUT2D eigenvalue weighted by Gasteiger charge is -2.23. The predicted octanol–water partition coefficient (Wildman–Crippen LogP) is 1.89. The highest BCUT2D eigenvalue weighted by molar-refractivity contribution is 7.10. The van der Waals surface area contributed by atoms with Gasteiger partial charge in [-0.25, -0.2) is 0 Å². The summed E-state index contributed by atoms with van der Waals surface area (Å²) in [6.45, 7) is 5.98. The zero-order chi connectivity index (χ0) is 16.4. The lowest BCUT2D eigenvalue weighted by Crippen LogP contribution is -2.33. The van der Waals surface area contributed by atoms with Gasteiger partial charge in [-0.15, -0.1) is 11.3 Å². The second-order valence-corrected chi connectivity index (χ2v) is 7.91. The molecule has 128 valence electrons. The Kier molecular flexibility index (Phi) is 5.06. The number of rotatable bonds is 5. The summed E-state index contributed by atoms with van der Waals surface area (Å²) in [6.07, 6.45) is 1.99. The van der Waals surface area contributed by atoms with Gasteiger partial charge in [-0.1, -0.05) is 0 Å². The molecule has 1 aromatic rings. The van der Waals surface area contributed by atoms with Crippen molar-refractivity contribution < 1.29 is 14.3 Å². The Bertz CT molecular complexity index is 560. The van der Waals surface area contributed by atoms with Crippen LogP contribution in [0.25, 0.3) is 0 Å². The highest BCUT2D eigenvalue weighted by Crippen LogP contribution is 2.37. The number of carbonyl (C=O) groups is 1. The van der Waals surface area contributed by atoms with Gasteiger partial charge in [0.05, 0.1) is 18.3 Å². The number of carbonyl (C=O) groups excluding carboxylic acids is 1. The molecule has 3 rings (SSSR count). The van der Waals surface area contributed by atoms with Gasteiger partial charge in [0.1, 0.15) is 6.61 Å². The number of ether oxygens (including phenoxy) is 2. The van der Waals surface area contributed by atoms with E-state index in [1.807, 2.05) is 11.3 Å². The van der Waals surface area contributed by atoms with Gasteiger partial charge in [-0.05, 0) is 30.4 Å². The predicted molar refractivity (Wildman–Crippen MR) is 90.7 cm³/mol. The Balaban J connectivity index is 1.48. The fourth-order valence-electron chi connectivity index (χ4n) is 3.34.